The van der Waals surface area contributed by atoms with Gasteiger partial charge in [0.25, 0.3) is 10.0 Å². The van der Waals surface area contributed by atoms with Gasteiger partial charge < -0.3 is 15.2 Å². The Morgan fingerprint density at radius 3 is 2.34 bits per heavy atom. The zero-order valence-electron chi connectivity index (χ0n) is 15.3. The van der Waals surface area contributed by atoms with Crippen molar-refractivity contribution in [3.63, 3.8) is 0 Å². The Kier molecular flexibility index (Phi) is 5.80. The lowest BCUT2D eigenvalue weighted by molar-refractivity contribution is 0.430. The van der Waals surface area contributed by atoms with Gasteiger partial charge in [-0.25, -0.2) is 21.9 Å². The van der Waals surface area contributed by atoms with Crippen molar-refractivity contribution in [2.45, 2.75) is 18.7 Å². The molecule has 152 valence electrons. The van der Waals surface area contributed by atoms with Crippen LogP contribution in [-0.2, 0) is 10.0 Å². The number of aromatic nitrogens is 1. The molecule has 3 N–H and O–H groups in total. The van der Waals surface area contributed by atoms with Gasteiger partial charge in [-0.3, -0.25) is 0 Å². The van der Waals surface area contributed by atoms with Crippen molar-refractivity contribution in [3.8, 4) is 0 Å². The van der Waals surface area contributed by atoms with Crippen LogP contribution in [0.4, 0.5) is 26.0 Å². The maximum atomic E-state index is 13.7. The molecule has 1 aromatic heterocycles. The molecule has 11 heteroatoms. The van der Waals surface area contributed by atoms with E-state index in [1.165, 1.54) is 30.3 Å². The molecule has 0 amide bonds. The van der Waals surface area contributed by atoms with Gasteiger partial charge in [-0.15, -0.1) is 0 Å². The van der Waals surface area contributed by atoms with Crippen LogP contribution in [0.15, 0.2) is 51.9 Å². The monoisotopic (exact) mass is 438 g/mol. The maximum absolute atomic E-state index is 13.7. The van der Waals surface area contributed by atoms with Gasteiger partial charge in [0.15, 0.2) is 5.11 Å². The fourth-order valence-electron chi connectivity index (χ4n) is 2.28. The maximum Gasteiger partial charge on any atom is 0.264 e. The number of sulfonamides is 1. The number of anilines is 3. The summed E-state index contributed by atoms with van der Waals surface area (Å²) in [6.45, 7) is 3.39. The smallest absolute Gasteiger partial charge is 0.264 e. The van der Waals surface area contributed by atoms with Crippen LogP contribution in [0.1, 0.15) is 11.3 Å². The summed E-state index contributed by atoms with van der Waals surface area (Å²) in [7, 11) is -3.87. The largest absolute Gasteiger partial charge is 0.337 e. The lowest BCUT2D eigenvalue weighted by atomic mass is 10.3. The van der Waals surface area contributed by atoms with Crippen LogP contribution in [0.2, 0.25) is 0 Å². The highest BCUT2D eigenvalue weighted by Gasteiger charge is 2.19. The van der Waals surface area contributed by atoms with E-state index in [0.717, 1.165) is 12.1 Å². The molecule has 3 aromatic rings. The zero-order chi connectivity index (χ0) is 21.2. The van der Waals surface area contributed by atoms with Crippen LogP contribution >= 0.6 is 12.2 Å². The van der Waals surface area contributed by atoms with Crippen LogP contribution in [0.3, 0.4) is 0 Å². The molecule has 0 atom stereocenters. The highest BCUT2D eigenvalue weighted by molar-refractivity contribution is 7.92. The minimum Gasteiger partial charge on any atom is -0.337 e. The van der Waals surface area contributed by atoms with Crippen molar-refractivity contribution in [3.05, 3.63) is 65.4 Å². The zero-order valence-corrected chi connectivity index (χ0v) is 16.9. The van der Waals surface area contributed by atoms with E-state index in [9.17, 15) is 17.2 Å². The average molecular weight is 438 g/mol. The van der Waals surface area contributed by atoms with Crippen LogP contribution < -0.4 is 15.4 Å². The summed E-state index contributed by atoms with van der Waals surface area (Å²) in [6.07, 6.45) is 0. The quantitative estimate of drug-likeness (QED) is 0.514. The minimum atomic E-state index is -3.87. The first kappa shape index (κ1) is 20.7. The lowest BCUT2D eigenvalue weighted by Crippen LogP contribution is -2.20. The molecule has 0 fully saturated rings. The van der Waals surface area contributed by atoms with E-state index in [0.29, 0.717) is 16.9 Å². The molecule has 2 aromatic carbocycles. The second-order valence-corrected chi connectivity index (χ2v) is 8.15. The van der Waals surface area contributed by atoms with Gasteiger partial charge >= 0.3 is 0 Å². The number of aryl methyl sites for hydroxylation is 1. The molecule has 29 heavy (non-hydrogen) atoms. The van der Waals surface area contributed by atoms with Crippen LogP contribution in [0.5, 0.6) is 0 Å². The van der Waals surface area contributed by atoms with Crippen molar-refractivity contribution in [1.29, 1.82) is 0 Å². The first-order valence-corrected chi connectivity index (χ1v) is 10.1. The molecular weight excluding hydrogens is 422 g/mol. The predicted octanol–water partition coefficient (Wildman–Crippen LogP) is 4.18. The number of benzene rings is 2. The Morgan fingerprint density at radius 2 is 1.76 bits per heavy atom. The van der Waals surface area contributed by atoms with Gasteiger partial charge in [-0.05, 0) is 62.5 Å². The molecule has 0 bridgehead atoms. The number of nitrogens with one attached hydrogen (secondary N) is 3. The Bertz CT molecular complexity index is 1160. The van der Waals surface area contributed by atoms with Gasteiger partial charge in [0, 0.05) is 17.3 Å². The number of nitrogens with zero attached hydrogens (tertiary/aromatic N) is 1. The number of thiocarbonyl (C=S) groups is 1. The van der Waals surface area contributed by atoms with Crippen molar-refractivity contribution >= 4 is 44.6 Å². The third-order valence-electron chi connectivity index (χ3n) is 3.99. The third kappa shape index (κ3) is 4.87. The highest BCUT2D eigenvalue weighted by atomic mass is 32.2. The number of hydrogen-bond donors (Lipinski definition) is 3. The third-order valence-corrected chi connectivity index (χ3v) is 5.54. The number of hydrogen-bond acceptors (Lipinski definition) is 5. The predicted molar refractivity (Wildman–Crippen MR) is 109 cm³/mol. The molecule has 0 radical (unpaired) electrons. The lowest BCUT2D eigenvalue weighted by Gasteiger charge is -2.12. The molecule has 0 saturated carbocycles. The van der Waals surface area contributed by atoms with Crippen molar-refractivity contribution in [2.75, 3.05) is 15.4 Å². The van der Waals surface area contributed by atoms with Gasteiger partial charge in [0.2, 0.25) is 5.88 Å². The number of halogens is 2. The summed E-state index contributed by atoms with van der Waals surface area (Å²) in [6, 6.07) is 8.75. The average Bonchev–Trinajstić information content (AvgIpc) is 2.96. The molecule has 0 aliphatic heterocycles. The molecule has 0 saturated heterocycles. The van der Waals surface area contributed by atoms with Crippen LogP contribution in [-0.4, -0.2) is 18.7 Å². The van der Waals surface area contributed by atoms with E-state index in [1.807, 2.05) is 0 Å². The molecule has 0 aliphatic carbocycles. The van der Waals surface area contributed by atoms with E-state index in [2.05, 4.69) is 20.5 Å². The molecule has 0 aliphatic rings. The van der Waals surface area contributed by atoms with E-state index < -0.39 is 21.7 Å². The summed E-state index contributed by atoms with van der Waals surface area (Å²) in [4.78, 5) is -0.0000374. The SMILES string of the molecule is Cc1noc(NS(=O)(=O)c2ccc(NC(=S)Nc3ccc(F)cc3F)cc2)c1C. The summed E-state index contributed by atoms with van der Waals surface area (Å²) in [5.74, 6) is -1.44. The van der Waals surface area contributed by atoms with Crippen LogP contribution in [0, 0.1) is 25.5 Å². The summed E-state index contributed by atoms with van der Waals surface area (Å²) >= 11 is 5.09. The van der Waals surface area contributed by atoms with Gasteiger partial charge in [-0.2, -0.15) is 0 Å². The van der Waals surface area contributed by atoms with Gasteiger partial charge in [0.05, 0.1) is 16.3 Å². The van der Waals surface area contributed by atoms with E-state index in [1.54, 1.807) is 13.8 Å². The summed E-state index contributed by atoms with van der Waals surface area (Å²) < 4.78 is 58.9. The first-order valence-electron chi connectivity index (χ1n) is 8.24. The Labute approximate surface area is 171 Å². The minimum absolute atomic E-state index is 0.0000374. The fraction of sp³-hybridized carbons (Fsp3) is 0.111. The first-order chi connectivity index (χ1) is 13.7. The van der Waals surface area contributed by atoms with E-state index >= 15 is 0 Å². The van der Waals surface area contributed by atoms with Crippen LogP contribution in [0.25, 0.3) is 0 Å². The highest BCUT2D eigenvalue weighted by Crippen LogP contribution is 2.23. The molecule has 3 rings (SSSR count). The van der Waals surface area contributed by atoms with Crippen molar-refractivity contribution in [2.24, 2.45) is 0 Å². The normalized spacial score (nSPS) is 11.2. The summed E-state index contributed by atoms with van der Waals surface area (Å²) in [5.41, 5.74) is 1.65. The Morgan fingerprint density at radius 1 is 1.07 bits per heavy atom. The van der Waals surface area contributed by atoms with Gasteiger partial charge in [-0.1, -0.05) is 5.16 Å². The fourth-order valence-corrected chi connectivity index (χ4v) is 3.56. The van der Waals surface area contributed by atoms with Crippen molar-refractivity contribution in [1.82, 2.24) is 5.16 Å². The standard InChI is InChI=1S/C18H16F2N4O3S2/c1-10-11(2)23-27-17(10)24-29(25,26)14-6-4-13(5-7-14)21-18(28)22-16-8-3-12(19)9-15(16)20/h3-9,24H,1-2H3,(H2,21,22,28). The second-order valence-electron chi connectivity index (χ2n) is 6.06. The topological polar surface area (TPSA) is 96.3 Å². The van der Waals surface area contributed by atoms with E-state index in [4.69, 9.17) is 16.7 Å². The number of rotatable bonds is 5. The molecule has 0 spiro atoms. The van der Waals surface area contributed by atoms with E-state index in [-0.39, 0.29) is 21.6 Å². The Hall–Kier alpha value is -3.05. The molecular formula is C18H16F2N4O3S2. The molecule has 0 unspecified atom stereocenters. The molecule has 7 nitrogen and oxygen atoms in total. The Balaban J connectivity index is 1.67. The second kappa shape index (κ2) is 8.13. The van der Waals surface area contributed by atoms with Gasteiger partial charge in [0.1, 0.15) is 11.6 Å². The summed E-state index contributed by atoms with van der Waals surface area (Å²) in [5, 5.41) is 9.15. The van der Waals surface area contributed by atoms with Crippen molar-refractivity contribution < 1.29 is 21.7 Å². The molecule has 1 heterocycles.